The predicted octanol–water partition coefficient (Wildman–Crippen LogP) is 5.96. The fourth-order valence-corrected chi connectivity index (χ4v) is 4.48. The summed E-state index contributed by atoms with van der Waals surface area (Å²) < 4.78 is 11.0. The van der Waals surface area contributed by atoms with Gasteiger partial charge in [0.2, 0.25) is 5.91 Å². The summed E-state index contributed by atoms with van der Waals surface area (Å²) in [4.78, 5) is 17.8. The molecule has 0 saturated heterocycles. The smallest absolute Gasteiger partial charge is 0.226 e. The maximum atomic E-state index is 12.4. The van der Waals surface area contributed by atoms with Gasteiger partial charge in [-0.2, -0.15) is 0 Å². The van der Waals surface area contributed by atoms with E-state index < -0.39 is 0 Å². The number of hydrogen-bond acceptors (Lipinski definition) is 5. The molecular weight excluding hydrogens is 348 g/mol. The molecule has 1 fully saturated rings. The molecule has 3 aromatic heterocycles. The van der Waals surface area contributed by atoms with Crippen molar-refractivity contribution in [2.24, 2.45) is 5.92 Å². The minimum Gasteiger partial charge on any atom is -0.463 e. The number of anilines is 1. The molecule has 0 atom stereocenters. The number of nitrogens with zero attached hydrogens (tertiary/aromatic N) is 1. The molecule has 0 radical (unpaired) electrons. The van der Waals surface area contributed by atoms with Crippen molar-refractivity contribution >= 4 is 22.4 Å². The lowest BCUT2D eigenvalue weighted by Gasteiger charge is -2.20. The van der Waals surface area contributed by atoms with E-state index in [2.05, 4.69) is 10.3 Å². The zero-order valence-electron chi connectivity index (χ0n) is 14.6. The van der Waals surface area contributed by atoms with Crippen molar-refractivity contribution in [2.75, 3.05) is 5.32 Å². The molecule has 1 aliphatic rings. The van der Waals surface area contributed by atoms with E-state index in [0.29, 0.717) is 28.9 Å². The summed E-state index contributed by atoms with van der Waals surface area (Å²) in [6, 6.07) is 7.40. The molecular formula is C20H22N2O3S. The van der Waals surface area contributed by atoms with E-state index in [0.717, 1.165) is 17.1 Å². The van der Waals surface area contributed by atoms with Crippen LogP contribution in [0.1, 0.15) is 44.9 Å². The predicted molar refractivity (Wildman–Crippen MR) is 102 cm³/mol. The molecule has 0 aliphatic heterocycles. The average Bonchev–Trinajstić information content (AvgIpc) is 3.41. The van der Waals surface area contributed by atoms with Crippen LogP contribution in [0.25, 0.3) is 22.1 Å². The summed E-state index contributed by atoms with van der Waals surface area (Å²) in [5.74, 6) is 2.11. The minimum absolute atomic E-state index is 0.0290. The second kappa shape index (κ2) is 7.91. The Morgan fingerprint density at radius 2 is 1.85 bits per heavy atom. The standard InChI is InChI=1S/C20H22N2O3S/c23-17(11-10-14-6-2-1-3-7-14)21-20-22-18(15-8-4-12-24-15)19(26-20)16-9-5-13-25-16/h4-5,8-9,12-14H,1-3,6-7,10-11H2,(H,21,22,23). The maximum Gasteiger partial charge on any atom is 0.226 e. The Bertz CT molecular complexity index is 779. The van der Waals surface area contributed by atoms with Crippen LogP contribution in [0, 0.1) is 5.92 Å². The van der Waals surface area contributed by atoms with Gasteiger partial charge >= 0.3 is 0 Å². The van der Waals surface area contributed by atoms with Gasteiger partial charge in [0.15, 0.2) is 10.9 Å². The van der Waals surface area contributed by atoms with Crippen molar-refractivity contribution in [2.45, 2.75) is 44.9 Å². The lowest BCUT2D eigenvalue weighted by Crippen LogP contribution is -2.14. The molecule has 0 unspecified atom stereocenters. The first kappa shape index (κ1) is 17.1. The molecule has 6 heteroatoms. The summed E-state index contributed by atoms with van der Waals surface area (Å²) in [7, 11) is 0. The van der Waals surface area contributed by atoms with Crippen LogP contribution in [-0.4, -0.2) is 10.9 Å². The highest BCUT2D eigenvalue weighted by molar-refractivity contribution is 7.19. The highest BCUT2D eigenvalue weighted by atomic mass is 32.1. The van der Waals surface area contributed by atoms with Crippen LogP contribution >= 0.6 is 11.3 Å². The number of carbonyl (C=O) groups is 1. The van der Waals surface area contributed by atoms with E-state index in [4.69, 9.17) is 8.83 Å². The largest absolute Gasteiger partial charge is 0.463 e. The fraction of sp³-hybridized carbons (Fsp3) is 0.400. The molecule has 4 rings (SSSR count). The Morgan fingerprint density at radius 3 is 2.54 bits per heavy atom. The highest BCUT2D eigenvalue weighted by Crippen LogP contribution is 2.39. The van der Waals surface area contributed by atoms with E-state index >= 15 is 0 Å². The molecule has 1 N–H and O–H groups in total. The number of thiazole rings is 1. The highest BCUT2D eigenvalue weighted by Gasteiger charge is 2.20. The van der Waals surface area contributed by atoms with E-state index in [9.17, 15) is 4.79 Å². The van der Waals surface area contributed by atoms with Crippen molar-refractivity contribution in [1.29, 1.82) is 0 Å². The van der Waals surface area contributed by atoms with Crippen LogP contribution in [0.3, 0.4) is 0 Å². The molecule has 26 heavy (non-hydrogen) atoms. The molecule has 0 aromatic carbocycles. The van der Waals surface area contributed by atoms with Gasteiger partial charge in [0.1, 0.15) is 16.3 Å². The number of amides is 1. The van der Waals surface area contributed by atoms with Gasteiger partial charge in [-0.05, 0) is 36.6 Å². The lowest BCUT2D eigenvalue weighted by molar-refractivity contribution is -0.116. The zero-order chi connectivity index (χ0) is 17.8. The van der Waals surface area contributed by atoms with Crippen LogP contribution in [-0.2, 0) is 4.79 Å². The minimum atomic E-state index is 0.0290. The maximum absolute atomic E-state index is 12.4. The number of carbonyl (C=O) groups excluding carboxylic acids is 1. The summed E-state index contributed by atoms with van der Waals surface area (Å²) in [6.07, 6.45) is 11.2. The summed E-state index contributed by atoms with van der Waals surface area (Å²) in [6.45, 7) is 0. The van der Waals surface area contributed by atoms with Gasteiger partial charge in [0.25, 0.3) is 0 Å². The molecule has 136 valence electrons. The fourth-order valence-electron chi connectivity index (χ4n) is 3.52. The van der Waals surface area contributed by atoms with Crippen LogP contribution in [0.15, 0.2) is 45.6 Å². The topological polar surface area (TPSA) is 68.3 Å². The SMILES string of the molecule is O=C(CCC1CCCCC1)Nc1nc(-c2ccco2)c(-c2ccco2)s1. The van der Waals surface area contributed by atoms with Gasteiger partial charge in [-0.3, -0.25) is 4.79 Å². The lowest BCUT2D eigenvalue weighted by atomic mass is 9.86. The van der Waals surface area contributed by atoms with Crippen molar-refractivity contribution in [3.63, 3.8) is 0 Å². The van der Waals surface area contributed by atoms with Gasteiger partial charge in [0.05, 0.1) is 12.5 Å². The Morgan fingerprint density at radius 1 is 1.12 bits per heavy atom. The van der Waals surface area contributed by atoms with Crippen molar-refractivity contribution in [3.8, 4) is 22.1 Å². The van der Waals surface area contributed by atoms with Crippen LogP contribution < -0.4 is 5.32 Å². The summed E-state index contributed by atoms with van der Waals surface area (Å²) in [5.41, 5.74) is 0.692. The second-order valence-electron chi connectivity index (χ2n) is 6.74. The van der Waals surface area contributed by atoms with E-state index in [1.807, 2.05) is 24.3 Å². The zero-order valence-corrected chi connectivity index (χ0v) is 15.4. The Labute approximate surface area is 156 Å². The Kier molecular flexibility index (Phi) is 5.20. The number of aromatic nitrogens is 1. The molecule has 0 bridgehead atoms. The van der Waals surface area contributed by atoms with Gasteiger partial charge in [0, 0.05) is 6.42 Å². The molecule has 0 spiro atoms. The first-order chi connectivity index (χ1) is 12.8. The van der Waals surface area contributed by atoms with E-state index in [1.54, 1.807) is 12.5 Å². The molecule has 3 heterocycles. The van der Waals surface area contributed by atoms with Crippen molar-refractivity contribution in [1.82, 2.24) is 4.98 Å². The van der Waals surface area contributed by atoms with Crippen LogP contribution in [0.2, 0.25) is 0 Å². The van der Waals surface area contributed by atoms with E-state index in [-0.39, 0.29) is 5.91 Å². The third-order valence-electron chi connectivity index (χ3n) is 4.88. The first-order valence-corrected chi connectivity index (χ1v) is 9.99. The quantitative estimate of drug-likeness (QED) is 0.581. The van der Waals surface area contributed by atoms with Gasteiger partial charge in [-0.1, -0.05) is 43.4 Å². The summed E-state index contributed by atoms with van der Waals surface area (Å²) in [5, 5.41) is 3.53. The number of furan rings is 2. The Hall–Kier alpha value is -2.34. The second-order valence-corrected chi connectivity index (χ2v) is 7.74. The number of hydrogen-bond donors (Lipinski definition) is 1. The molecule has 3 aromatic rings. The molecule has 5 nitrogen and oxygen atoms in total. The number of rotatable bonds is 6. The Balaban J connectivity index is 1.46. The van der Waals surface area contributed by atoms with Crippen molar-refractivity contribution < 1.29 is 13.6 Å². The average molecular weight is 370 g/mol. The normalized spacial score (nSPS) is 15.2. The van der Waals surface area contributed by atoms with Gasteiger partial charge in [-0.15, -0.1) is 0 Å². The molecule has 1 amide bonds. The van der Waals surface area contributed by atoms with Crippen LogP contribution in [0.4, 0.5) is 5.13 Å². The molecule has 1 aliphatic carbocycles. The third-order valence-corrected chi connectivity index (χ3v) is 5.86. The van der Waals surface area contributed by atoms with E-state index in [1.165, 1.54) is 43.4 Å². The first-order valence-electron chi connectivity index (χ1n) is 9.18. The summed E-state index contributed by atoms with van der Waals surface area (Å²) >= 11 is 1.41. The van der Waals surface area contributed by atoms with Gasteiger partial charge < -0.3 is 14.2 Å². The molecule has 1 saturated carbocycles. The van der Waals surface area contributed by atoms with Crippen LogP contribution in [0.5, 0.6) is 0 Å². The van der Waals surface area contributed by atoms with Gasteiger partial charge in [-0.25, -0.2) is 4.98 Å². The number of nitrogens with one attached hydrogen (secondary N) is 1. The third kappa shape index (κ3) is 3.90. The monoisotopic (exact) mass is 370 g/mol. The van der Waals surface area contributed by atoms with Crippen molar-refractivity contribution in [3.05, 3.63) is 36.8 Å².